The summed E-state index contributed by atoms with van der Waals surface area (Å²) in [7, 11) is 2.15. The molecule has 176 valence electrons. The number of amides is 1. The maximum Gasteiger partial charge on any atom is 0.262 e. The Morgan fingerprint density at radius 1 is 1.03 bits per heavy atom. The summed E-state index contributed by atoms with van der Waals surface area (Å²) < 4.78 is 15.4. The number of rotatable bonds is 3. The predicted molar refractivity (Wildman–Crippen MR) is 136 cm³/mol. The van der Waals surface area contributed by atoms with E-state index in [-0.39, 0.29) is 23.7 Å². The first-order chi connectivity index (χ1) is 17.0. The molecule has 1 aromatic heterocycles. The monoisotopic (exact) mass is 466 g/mol. The number of anilines is 1. The number of piperidine rings is 1. The van der Waals surface area contributed by atoms with Gasteiger partial charge in [0, 0.05) is 36.0 Å². The third-order valence-corrected chi connectivity index (χ3v) is 7.25. The van der Waals surface area contributed by atoms with Gasteiger partial charge in [-0.3, -0.25) is 4.79 Å². The van der Waals surface area contributed by atoms with Crippen LogP contribution in [-0.4, -0.2) is 46.8 Å². The number of fused-ring (bicyclic) bond motifs is 3. The Kier molecular flexibility index (Phi) is 5.26. The van der Waals surface area contributed by atoms with Crippen molar-refractivity contribution in [1.82, 2.24) is 14.7 Å². The molecule has 2 atom stereocenters. The molecule has 0 radical (unpaired) electrons. The van der Waals surface area contributed by atoms with Crippen molar-refractivity contribution in [3.63, 3.8) is 0 Å². The van der Waals surface area contributed by atoms with E-state index in [0.29, 0.717) is 16.8 Å². The van der Waals surface area contributed by atoms with E-state index in [9.17, 15) is 9.18 Å². The Bertz CT molecular complexity index is 1400. The fourth-order valence-electron chi connectivity index (χ4n) is 5.54. The van der Waals surface area contributed by atoms with Crippen LogP contribution in [0.3, 0.4) is 0 Å². The molecule has 1 fully saturated rings. The van der Waals surface area contributed by atoms with Gasteiger partial charge >= 0.3 is 0 Å². The van der Waals surface area contributed by atoms with Gasteiger partial charge in [0.25, 0.3) is 5.91 Å². The Morgan fingerprint density at radius 3 is 2.57 bits per heavy atom. The number of benzene rings is 3. The highest BCUT2D eigenvalue weighted by molar-refractivity contribution is 6.11. The van der Waals surface area contributed by atoms with Gasteiger partial charge in [-0.1, -0.05) is 35.9 Å². The van der Waals surface area contributed by atoms with E-state index in [2.05, 4.69) is 37.1 Å². The Morgan fingerprint density at radius 2 is 1.80 bits per heavy atom. The summed E-state index contributed by atoms with van der Waals surface area (Å²) >= 11 is 0. The third kappa shape index (κ3) is 3.74. The van der Waals surface area contributed by atoms with Crippen molar-refractivity contribution in [1.29, 1.82) is 0 Å². The number of likely N-dealkylation sites (N-methyl/N-ethyl adjacent to an activating group) is 1. The second kappa shape index (κ2) is 8.47. The fraction of sp³-hybridized carbons (Fsp3) is 0.241. The molecule has 2 aliphatic heterocycles. The largest absolute Gasteiger partial charge is 0.306 e. The van der Waals surface area contributed by atoms with E-state index in [4.69, 9.17) is 5.10 Å². The average molecular weight is 467 g/mol. The molecule has 4 aromatic rings. The number of hydrogen-bond acceptors (Lipinski definition) is 3. The van der Waals surface area contributed by atoms with E-state index in [1.165, 1.54) is 23.3 Å². The van der Waals surface area contributed by atoms with Gasteiger partial charge in [-0.2, -0.15) is 5.10 Å². The van der Waals surface area contributed by atoms with Crippen molar-refractivity contribution < 1.29 is 9.18 Å². The van der Waals surface area contributed by atoms with Gasteiger partial charge in [-0.25, -0.2) is 9.07 Å². The Hall–Kier alpha value is -3.77. The standard InChI is InChI=1S/C29H27FN4O/c1-19-8-13-26-23(16-19)24-17-32(2)15-14-27(24)34(26)29(35)25-18-33(22-6-4-3-5-7-22)31-28(25)20-9-11-21(30)12-10-20/h3-13,16,18,24,27H,14-15,17H2,1-2H3. The molecule has 2 unspecified atom stereocenters. The first-order valence-corrected chi connectivity index (χ1v) is 12.0. The molecule has 0 saturated carbocycles. The number of hydrogen-bond donors (Lipinski definition) is 0. The second-order valence-electron chi connectivity index (χ2n) is 9.64. The summed E-state index contributed by atoms with van der Waals surface area (Å²) in [6.07, 6.45) is 2.73. The molecule has 6 rings (SSSR count). The van der Waals surface area contributed by atoms with Crippen molar-refractivity contribution in [3.05, 3.63) is 102 Å². The molecule has 1 saturated heterocycles. The van der Waals surface area contributed by atoms with Gasteiger partial charge in [0.15, 0.2) is 0 Å². The smallest absolute Gasteiger partial charge is 0.262 e. The lowest BCUT2D eigenvalue weighted by Crippen LogP contribution is -2.47. The molecule has 5 nitrogen and oxygen atoms in total. The lowest BCUT2D eigenvalue weighted by Gasteiger charge is -2.36. The third-order valence-electron chi connectivity index (χ3n) is 7.25. The fourth-order valence-corrected chi connectivity index (χ4v) is 5.54. The zero-order valence-electron chi connectivity index (χ0n) is 19.9. The quantitative estimate of drug-likeness (QED) is 0.404. The van der Waals surface area contributed by atoms with Crippen LogP contribution in [0.15, 0.2) is 79.0 Å². The summed E-state index contributed by atoms with van der Waals surface area (Å²) in [5.41, 5.74) is 6.10. The molecule has 35 heavy (non-hydrogen) atoms. The molecule has 3 aromatic carbocycles. The minimum Gasteiger partial charge on any atom is -0.306 e. The van der Waals surface area contributed by atoms with Crippen LogP contribution < -0.4 is 4.90 Å². The van der Waals surface area contributed by atoms with Gasteiger partial charge in [0.05, 0.1) is 11.3 Å². The minimum atomic E-state index is -0.317. The molecule has 0 spiro atoms. The lowest BCUT2D eigenvalue weighted by molar-refractivity contribution is 0.0965. The predicted octanol–water partition coefficient (Wildman–Crippen LogP) is 5.43. The summed E-state index contributed by atoms with van der Waals surface area (Å²) in [5, 5.41) is 4.80. The van der Waals surface area contributed by atoms with Crippen molar-refractivity contribution in [3.8, 4) is 16.9 Å². The van der Waals surface area contributed by atoms with Crippen molar-refractivity contribution in [2.45, 2.75) is 25.3 Å². The molecule has 0 aliphatic carbocycles. The zero-order chi connectivity index (χ0) is 24.1. The summed E-state index contributed by atoms with van der Waals surface area (Å²) in [6, 6.07) is 22.4. The average Bonchev–Trinajstić information content (AvgIpc) is 3.44. The molecule has 1 amide bonds. The van der Waals surface area contributed by atoms with Crippen molar-refractivity contribution in [2.75, 3.05) is 25.0 Å². The lowest BCUT2D eigenvalue weighted by atomic mass is 9.88. The summed E-state index contributed by atoms with van der Waals surface area (Å²) in [5.74, 6) is -0.0955. The summed E-state index contributed by atoms with van der Waals surface area (Å²) in [4.78, 5) is 18.7. The zero-order valence-corrected chi connectivity index (χ0v) is 19.9. The van der Waals surface area contributed by atoms with Crippen LogP contribution in [0.4, 0.5) is 10.1 Å². The highest BCUT2D eigenvalue weighted by Gasteiger charge is 2.44. The van der Waals surface area contributed by atoms with Crippen molar-refractivity contribution in [2.24, 2.45) is 0 Å². The van der Waals surface area contributed by atoms with Gasteiger partial charge in [-0.05, 0) is 75.0 Å². The topological polar surface area (TPSA) is 41.4 Å². The highest BCUT2D eigenvalue weighted by atomic mass is 19.1. The molecular formula is C29H27FN4O. The van der Waals surface area contributed by atoms with Crippen LogP contribution >= 0.6 is 0 Å². The van der Waals surface area contributed by atoms with E-state index in [0.717, 1.165) is 30.9 Å². The van der Waals surface area contributed by atoms with Crippen LogP contribution in [0.1, 0.15) is 33.8 Å². The number of carbonyl (C=O) groups is 1. The van der Waals surface area contributed by atoms with Crippen LogP contribution in [0.5, 0.6) is 0 Å². The molecule has 3 heterocycles. The second-order valence-corrected chi connectivity index (χ2v) is 9.64. The van der Waals surface area contributed by atoms with E-state index in [1.54, 1.807) is 16.8 Å². The number of para-hydroxylation sites is 1. The van der Waals surface area contributed by atoms with Gasteiger partial charge in [0.1, 0.15) is 11.5 Å². The summed E-state index contributed by atoms with van der Waals surface area (Å²) in [6.45, 7) is 3.98. The van der Waals surface area contributed by atoms with Gasteiger partial charge < -0.3 is 9.80 Å². The number of likely N-dealkylation sites (tertiary alicyclic amines) is 1. The molecule has 6 heteroatoms. The SMILES string of the molecule is Cc1ccc2c(c1)C1CN(C)CCC1N2C(=O)c1cn(-c2ccccc2)nc1-c1ccc(F)cc1. The molecule has 0 bridgehead atoms. The van der Waals surface area contributed by atoms with Gasteiger partial charge in [-0.15, -0.1) is 0 Å². The first-order valence-electron chi connectivity index (χ1n) is 12.0. The van der Waals surface area contributed by atoms with Gasteiger partial charge in [0.2, 0.25) is 0 Å². The maximum atomic E-state index is 14.3. The molecule has 2 aliphatic rings. The number of halogens is 1. The van der Waals surface area contributed by atoms with Crippen LogP contribution in [0, 0.1) is 12.7 Å². The minimum absolute atomic E-state index is 0.0614. The Balaban J connectivity index is 1.48. The molecular weight excluding hydrogens is 439 g/mol. The molecule has 0 N–H and O–H groups in total. The van der Waals surface area contributed by atoms with Crippen LogP contribution in [0.25, 0.3) is 16.9 Å². The van der Waals surface area contributed by atoms with Crippen LogP contribution in [-0.2, 0) is 0 Å². The highest BCUT2D eigenvalue weighted by Crippen LogP contribution is 2.46. The first kappa shape index (κ1) is 21.7. The maximum absolute atomic E-state index is 14.3. The normalized spacial score (nSPS) is 19.5. The number of nitrogens with zero attached hydrogens (tertiary/aromatic N) is 4. The van der Waals surface area contributed by atoms with E-state index < -0.39 is 0 Å². The number of aryl methyl sites for hydroxylation is 1. The number of aromatic nitrogens is 2. The number of carbonyl (C=O) groups excluding carboxylic acids is 1. The van der Waals surface area contributed by atoms with E-state index in [1.807, 2.05) is 41.4 Å². The van der Waals surface area contributed by atoms with Crippen molar-refractivity contribution >= 4 is 11.6 Å². The van der Waals surface area contributed by atoms with E-state index >= 15 is 0 Å². The Labute approximate surface area is 204 Å². The van der Waals surface area contributed by atoms with Crippen LogP contribution in [0.2, 0.25) is 0 Å².